The molecular weight excluding hydrogens is 258 g/mol. The molecule has 2 heteroatoms. The quantitative estimate of drug-likeness (QED) is 0.837. The lowest BCUT2D eigenvalue weighted by molar-refractivity contribution is 0.152. The highest BCUT2D eigenvalue weighted by Gasteiger charge is 2.36. The van der Waals surface area contributed by atoms with E-state index in [4.69, 9.17) is 10.5 Å². The van der Waals surface area contributed by atoms with E-state index in [1.54, 1.807) is 0 Å². The highest BCUT2D eigenvalue weighted by Crippen LogP contribution is 2.46. The molecule has 1 heterocycles. The summed E-state index contributed by atoms with van der Waals surface area (Å²) in [5, 5.41) is 0. The number of rotatable bonds is 1. The van der Waals surface area contributed by atoms with Crippen LogP contribution in [-0.2, 0) is 6.42 Å². The molecule has 3 unspecified atom stereocenters. The maximum atomic E-state index is 6.49. The molecule has 1 saturated carbocycles. The first-order valence-electron chi connectivity index (χ1n) is 8.47. The van der Waals surface area contributed by atoms with Crippen molar-refractivity contribution in [2.75, 3.05) is 6.61 Å². The van der Waals surface area contributed by atoms with Crippen LogP contribution in [0, 0.1) is 11.3 Å². The summed E-state index contributed by atoms with van der Waals surface area (Å²) in [5.74, 6) is 2.36. The summed E-state index contributed by atoms with van der Waals surface area (Å²) in [5.41, 5.74) is 9.61. The van der Waals surface area contributed by atoms with Crippen LogP contribution in [0.4, 0.5) is 0 Å². The van der Waals surface area contributed by atoms with Gasteiger partial charge in [-0.15, -0.1) is 0 Å². The minimum Gasteiger partial charge on any atom is -0.493 e. The third-order valence-electron chi connectivity index (χ3n) is 5.49. The van der Waals surface area contributed by atoms with Crippen LogP contribution in [0.2, 0.25) is 0 Å². The van der Waals surface area contributed by atoms with Crippen LogP contribution in [-0.4, -0.2) is 12.6 Å². The largest absolute Gasteiger partial charge is 0.493 e. The van der Waals surface area contributed by atoms with Crippen molar-refractivity contribution < 1.29 is 4.74 Å². The van der Waals surface area contributed by atoms with Crippen LogP contribution >= 0.6 is 0 Å². The fourth-order valence-corrected chi connectivity index (χ4v) is 4.04. The molecule has 0 saturated heterocycles. The Morgan fingerprint density at radius 1 is 1.19 bits per heavy atom. The van der Waals surface area contributed by atoms with Gasteiger partial charge in [0.05, 0.1) is 6.61 Å². The minimum atomic E-state index is 0.278. The number of benzene rings is 1. The van der Waals surface area contributed by atoms with Crippen molar-refractivity contribution in [2.45, 2.75) is 64.8 Å². The Morgan fingerprint density at radius 3 is 2.76 bits per heavy atom. The number of nitrogens with two attached hydrogens (primary N) is 1. The van der Waals surface area contributed by atoms with Gasteiger partial charge in [-0.3, -0.25) is 0 Å². The fourth-order valence-electron chi connectivity index (χ4n) is 4.04. The van der Waals surface area contributed by atoms with Crippen molar-refractivity contribution in [1.29, 1.82) is 0 Å². The lowest BCUT2D eigenvalue weighted by atomic mass is 9.66. The summed E-state index contributed by atoms with van der Waals surface area (Å²) in [6.45, 7) is 7.95. The van der Waals surface area contributed by atoms with Crippen molar-refractivity contribution in [2.24, 2.45) is 17.1 Å². The lowest BCUT2D eigenvalue weighted by Gasteiger charge is -2.41. The molecule has 0 radical (unpaired) electrons. The van der Waals surface area contributed by atoms with Crippen LogP contribution in [0.15, 0.2) is 18.2 Å². The molecule has 2 aliphatic rings. The lowest BCUT2D eigenvalue weighted by Crippen LogP contribution is -2.38. The van der Waals surface area contributed by atoms with Gasteiger partial charge < -0.3 is 10.5 Å². The molecule has 0 amide bonds. The number of fused-ring (bicyclic) bond motifs is 1. The zero-order chi connectivity index (χ0) is 15.0. The van der Waals surface area contributed by atoms with Crippen molar-refractivity contribution in [1.82, 2.24) is 0 Å². The summed E-state index contributed by atoms with van der Waals surface area (Å²) in [6.07, 6.45) is 5.88. The molecule has 2 N–H and O–H groups in total. The highest BCUT2D eigenvalue weighted by molar-refractivity contribution is 5.45. The van der Waals surface area contributed by atoms with Crippen LogP contribution in [0.3, 0.4) is 0 Å². The number of aryl methyl sites for hydroxylation is 1. The highest BCUT2D eigenvalue weighted by atomic mass is 16.5. The molecule has 1 aliphatic carbocycles. The Morgan fingerprint density at radius 2 is 2.00 bits per heavy atom. The van der Waals surface area contributed by atoms with E-state index < -0.39 is 0 Å². The average molecular weight is 287 g/mol. The SMILES string of the molecule is CC(C)(C)C1CCC(N)C(c2cccc3c2OCCC3)C1. The third-order valence-corrected chi connectivity index (χ3v) is 5.49. The van der Waals surface area contributed by atoms with Crippen molar-refractivity contribution in [3.05, 3.63) is 29.3 Å². The zero-order valence-electron chi connectivity index (χ0n) is 13.7. The molecule has 1 fully saturated rings. The van der Waals surface area contributed by atoms with Gasteiger partial charge in [-0.25, -0.2) is 0 Å². The zero-order valence-corrected chi connectivity index (χ0v) is 13.7. The molecule has 21 heavy (non-hydrogen) atoms. The normalized spacial score (nSPS) is 29.6. The first-order valence-corrected chi connectivity index (χ1v) is 8.47. The standard InChI is InChI=1S/C19H29NO/c1-19(2,3)14-9-10-17(20)16(12-14)15-8-4-6-13-7-5-11-21-18(13)15/h4,6,8,14,16-17H,5,7,9-12,20H2,1-3H3. The van der Waals surface area contributed by atoms with Crippen molar-refractivity contribution in [3.63, 3.8) is 0 Å². The molecule has 3 atom stereocenters. The molecule has 1 aliphatic heterocycles. The third kappa shape index (κ3) is 2.96. The molecule has 0 spiro atoms. The first-order chi connectivity index (χ1) is 9.97. The smallest absolute Gasteiger partial charge is 0.126 e. The fraction of sp³-hybridized carbons (Fsp3) is 0.684. The molecule has 0 aromatic heterocycles. The summed E-state index contributed by atoms with van der Waals surface area (Å²) in [6, 6.07) is 6.93. The van der Waals surface area contributed by atoms with E-state index in [1.165, 1.54) is 24.0 Å². The van der Waals surface area contributed by atoms with Gasteiger partial charge in [0.2, 0.25) is 0 Å². The Labute approximate surface area is 129 Å². The predicted octanol–water partition coefficient (Wildman–Crippen LogP) is 4.27. The van der Waals surface area contributed by atoms with Crippen molar-refractivity contribution >= 4 is 0 Å². The second-order valence-electron chi connectivity index (χ2n) is 7.93. The molecule has 2 nitrogen and oxygen atoms in total. The maximum Gasteiger partial charge on any atom is 0.126 e. The number of ether oxygens (including phenoxy) is 1. The van der Waals surface area contributed by atoms with Crippen molar-refractivity contribution in [3.8, 4) is 5.75 Å². The van der Waals surface area contributed by atoms with E-state index >= 15 is 0 Å². The first kappa shape index (κ1) is 14.9. The molecule has 3 rings (SSSR count). The monoisotopic (exact) mass is 287 g/mol. The summed E-state index contributed by atoms with van der Waals surface area (Å²) < 4.78 is 6.02. The van der Waals surface area contributed by atoms with Crippen LogP contribution in [0.5, 0.6) is 5.75 Å². The van der Waals surface area contributed by atoms with Gasteiger partial charge in [0.1, 0.15) is 5.75 Å². The summed E-state index contributed by atoms with van der Waals surface area (Å²) >= 11 is 0. The van der Waals surface area contributed by atoms with E-state index in [-0.39, 0.29) is 6.04 Å². The second-order valence-corrected chi connectivity index (χ2v) is 7.93. The second kappa shape index (κ2) is 5.64. The van der Waals surface area contributed by atoms with E-state index in [0.29, 0.717) is 11.3 Å². The average Bonchev–Trinajstić information content (AvgIpc) is 2.46. The number of hydrogen-bond donors (Lipinski definition) is 1. The van der Waals surface area contributed by atoms with Crippen LogP contribution in [0.1, 0.15) is 63.5 Å². The van der Waals surface area contributed by atoms with Gasteiger partial charge in [0.15, 0.2) is 0 Å². The van der Waals surface area contributed by atoms with E-state index in [9.17, 15) is 0 Å². The Hall–Kier alpha value is -1.02. The summed E-state index contributed by atoms with van der Waals surface area (Å²) in [4.78, 5) is 0. The van der Waals surface area contributed by atoms with E-state index in [1.807, 2.05) is 0 Å². The number of para-hydroxylation sites is 1. The number of hydrogen-bond acceptors (Lipinski definition) is 2. The Bertz CT molecular complexity index is 503. The topological polar surface area (TPSA) is 35.2 Å². The van der Waals surface area contributed by atoms with Crippen LogP contribution in [0.25, 0.3) is 0 Å². The predicted molar refractivity (Wildman–Crippen MR) is 87.8 cm³/mol. The van der Waals surface area contributed by atoms with Gasteiger partial charge in [-0.05, 0) is 54.6 Å². The van der Waals surface area contributed by atoms with Gasteiger partial charge in [-0.1, -0.05) is 39.0 Å². The molecule has 116 valence electrons. The van der Waals surface area contributed by atoms with Gasteiger partial charge in [-0.2, -0.15) is 0 Å². The molecule has 1 aromatic rings. The Kier molecular flexibility index (Phi) is 4.00. The van der Waals surface area contributed by atoms with Crippen LogP contribution < -0.4 is 10.5 Å². The molecular formula is C19H29NO. The van der Waals surface area contributed by atoms with Gasteiger partial charge in [0, 0.05) is 12.0 Å². The maximum absolute atomic E-state index is 6.49. The Balaban J connectivity index is 1.91. The van der Waals surface area contributed by atoms with E-state index in [2.05, 4.69) is 39.0 Å². The van der Waals surface area contributed by atoms with E-state index in [0.717, 1.165) is 37.5 Å². The minimum absolute atomic E-state index is 0.278. The van der Waals surface area contributed by atoms with Gasteiger partial charge >= 0.3 is 0 Å². The van der Waals surface area contributed by atoms with Gasteiger partial charge in [0.25, 0.3) is 0 Å². The molecule has 0 bridgehead atoms. The summed E-state index contributed by atoms with van der Waals surface area (Å²) in [7, 11) is 0. The molecule has 1 aromatic carbocycles.